The van der Waals surface area contributed by atoms with Crippen molar-refractivity contribution in [3.63, 3.8) is 0 Å². The molecule has 0 amide bonds. The monoisotopic (exact) mass is 195 g/mol. The second-order valence-electron chi connectivity index (χ2n) is 4.01. The molecular weight excluding hydrogens is 178 g/mol. The lowest BCUT2D eigenvalue weighted by Crippen LogP contribution is -2.19. The topological polar surface area (TPSA) is 26.0 Å². The highest BCUT2D eigenvalue weighted by atomic mass is 32.1. The van der Waals surface area contributed by atoms with Gasteiger partial charge < -0.3 is 5.73 Å². The van der Waals surface area contributed by atoms with Crippen LogP contribution in [0, 0.1) is 5.92 Å². The Bertz CT molecular complexity index is 279. The van der Waals surface area contributed by atoms with E-state index in [0.29, 0.717) is 0 Å². The van der Waals surface area contributed by atoms with E-state index in [4.69, 9.17) is 5.73 Å². The average Bonchev–Trinajstić information content (AvgIpc) is 2.58. The quantitative estimate of drug-likeness (QED) is 0.771. The molecule has 1 nitrogen and oxygen atoms in total. The number of hydrogen-bond acceptors (Lipinski definition) is 2. The highest BCUT2D eigenvalue weighted by Gasteiger charge is 2.26. The standard InChI is InChI=1S/C11H17NS/c1-8-2-3-9-5-7-13-11(9)10(8)4-6-12/h5,7-8,10H,2-4,6,12H2,1H3. The normalized spacial score (nSPS) is 27.2. The summed E-state index contributed by atoms with van der Waals surface area (Å²) >= 11 is 1.92. The molecule has 2 unspecified atom stereocenters. The number of aryl methyl sites for hydroxylation is 1. The van der Waals surface area contributed by atoms with Gasteiger partial charge in [0.05, 0.1) is 0 Å². The van der Waals surface area contributed by atoms with E-state index in [9.17, 15) is 0 Å². The van der Waals surface area contributed by atoms with Crippen molar-refractivity contribution in [2.45, 2.75) is 32.1 Å². The zero-order chi connectivity index (χ0) is 9.26. The summed E-state index contributed by atoms with van der Waals surface area (Å²) in [5.41, 5.74) is 7.24. The van der Waals surface area contributed by atoms with E-state index in [-0.39, 0.29) is 0 Å². The molecule has 2 N–H and O–H groups in total. The molecule has 0 bridgehead atoms. The predicted octanol–water partition coefficient (Wildman–Crippen LogP) is 2.76. The van der Waals surface area contributed by atoms with Crippen molar-refractivity contribution >= 4 is 11.3 Å². The molecule has 2 heteroatoms. The van der Waals surface area contributed by atoms with Crippen molar-refractivity contribution in [3.05, 3.63) is 21.9 Å². The summed E-state index contributed by atoms with van der Waals surface area (Å²) < 4.78 is 0. The number of rotatable bonds is 2. The molecule has 1 aliphatic carbocycles. The van der Waals surface area contributed by atoms with Gasteiger partial charge in [0.15, 0.2) is 0 Å². The summed E-state index contributed by atoms with van der Waals surface area (Å²) in [5.74, 6) is 1.57. The van der Waals surface area contributed by atoms with Crippen LogP contribution in [0.5, 0.6) is 0 Å². The fraction of sp³-hybridized carbons (Fsp3) is 0.636. The van der Waals surface area contributed by atoms with Gasteiger partial charge in [-0.1, -0.05) is 6.92 Å². The summed E-state index contributed by atoms with van der Waals surface area (Å²) in [6.07, 6.45) is 3.78. The van der Waals surface area contributed by atoms with Gasteiger partial charge in [0.2, 0.25) is 0 Å². The van der Waals surface area contributed by atoms with Crippen LogP contribution in [0.15, 0.2) is 11.4 Å². The Morgan fingerprint density at radius 2 is 2.46 bits per heavy atom. The Morgan fingerprint density at radius 1 is 1.62 bits per heavy atom. The lowest BCUT2D eigenvalue weighted by Gasteiger charge is -2.28. The Hall–Kier alpha value is -0.340. The minimum atomic E-state index is 0.744. The molecule has 0 saturated heterocycles. The van der Waals surface area contributed by atoms with Crippen LogP contribution in [0.2, 0.25) is 0 Å². The van der Waals surface area contributed by atoms with Gasteiger partial charge in [-0.15, -0.1) is 11.3 Å². The Kier molecular flexibility index (Phi) is 2.70. The van der Waals surface area contributed by atoms with Gasteiger partial charge in [-0.25, -0.2) is 0 Å². The van der Waals surface area contributed by atoms with Crippen LogP contribution in [0.25, 0.3) is 0 Å². The first-order chi connectivity index (χ1) is 6.33. The third kappa shape index (κ3) is 1.65. The van der Waals surface area contributed by atoms with Crippen LogP contribution in [-0.4, -0.2) is 6.54 Å². The van der Waals surface area contributed by atoms with E-state index < -0.39 is 0 Å². The molecule has 0 fully saturated rings. The van der Waals surface area contributed by atoms with Gasteiger partial charge in [-0.05, 0) is 54.7 Å². The number of fused-ring (bicyclic) bond motifs is 1. The Labute approximate surface area is 84.0 Å². The van der Waals surface area contributed by atoms with Crippen LogP contribution >= 0.6 is 11.3 Å². The van der Waals surface area contributed by atoms with Crippen molar-refractivity contribution in [2.75, 3.05) is 6.54 Å². The molecule has 0 spiro atoms. The highest BCUT2D eigenvalue weighted by molar-refractivity contribution is 7.10. The van der Waals surface area contributed by atoms with E-state index in [0.717, 1.165) is 24.8 Å². The zero-order valence-corrected chi connectivity index (χ0v) is 8.94. The second kappa shape index (κ2) is 3.81. The first kappa shape index (κ1) is 9.22. The molecule has 0 aliphatic heterocycles. The third-order valence-electron chi connectivity index (χ3n) is 3.15. The maximum absolute atomic E-state index is 5.65. The van der Waals surface area contributed by atoms with Crippen LogP contribution in [-0.2, 0) is 6.42 Å². The molecule has 0 radical (unpaired) electrons. The molecule has 1 heterocycles. The van der Waals surface area contributed by atoms with Crippen molar-refractivity contribution in [3.8, 4) is 0 Å². The SMILES string of the molecule is CC1CCc2ccsc2C1CCN. The molecule has 2 rings (SSSR count). The maximum Gasteiger partial charge on any atom is 0.0111 e. The molecule has 72 valence electrons. The number of hydrogen-bond donors (Lipinski definition) is 1. The average molecular weight is 195 g/mol. The first-order valence-electron chi connectivity index (χ1n) is 5.09. The minimum absolute atomic E-state index is 0.744. The highest BCUT2D eigenvalue weighted by Crippen LogP contribution is 2.40. The first-order valence-corrected chi connectivity index (χ1v) is 5.97. The fourth-order valence-electron chi connectivity index (χ4n) is 2.32. The summed E-state index contributed by atoms with van der Waals surface area (Å²) in [6, 6.07) is 2.29. The van der Waals surface area contributed by atoms with Gasteiger partial charge in [0.25, 0.3) is 0 Å². The van der Waals surface area contributed by atoms with Gasteiger partial charge in [0, 0.05) is 4.88 Å². The Balaban J connectivity index is 2.25. The molecule has 0 aromatic carbocycles. The molecular formula is C11H17NS. The van der Waals surface area contributed by atoms with E-state index in [1.54, 1.807) is 10.4 Å². The van der Waals surface area contributed by atoms with Gasteiger partial charge >= 0.3 is 0 Å². The fourth-order valence-corrected chi connectivity index (χ4v) is 3.54. The van der Waals surface area contributed by atoms with Crippen molar-refractivity contribution < 1.29 is 0 Å². The van der Waals surface area contributed by atoms with E-state index in [1.807, 2.05) is 11.3 Å². The molecule has 2 atom stereocenters. The number of nitrogens with two attached hydrogens (primary N) is 1. The maximum atomic E-state index is 5.65. The van der Waals surface area contributed by atoms with Crippen molar-refractivity contribution in [1.29, 1.82) is 0 Å². The molecule has 0 saturated carbocycles. The summed E-state index contributed by atoms with van der Waals surface area (Å²) in [5, 5.41) is 2.23. The molecule has 1 aromatic rings. The lowest BCUT2D eigenvalue weighted by molar-refractivity contribution is 0.394. The van der Waals surface area contributed by atoms with Gasteiger partial charge in [0.1, 0.15) is 0 Å². The van der Waals surface area contributed by atoms with Crippen molar-refractivity contribution in [2.24, 2.45) is 11.7 Å². The van der Waals surface area contributed by atoms with E-state index in [1.165, 1.54) is 12.8 Å². The minimum Gasteiger partial charge on any atom is -0.330 e. The van der Waals surface area contributed by atoms with Gasteiger partial charge in [-0.2, -0.15) is 0 Å². The van der Waals surface area contributed by atoms with Crippen LogP contribution < -0.4 is 5.73 Å². The third-order valence-corrected chi connectivity index (χ3v) is 4.24. The van der Waals surface area contributed by atoms with Crippen LogP contribution in [0.1, 0.15) is 36.1 Å². The van der Waals surface area contributed by atoms with Crippen molar-refractivity contribution in [1.82, 2.24) is 0 Å². The van der Waals surface area contributed by atoms with Crippen LogP contribution in [0.3, 0.4) is 0 Å². The molecule has 13 heavy (non-hydrogen) atoms. The van der Waals surface area contributed by atoms with Gasteiger partial charge in [-0.3, -0.25) is 0 Å². The smallest absolute Gasteiger partial charge is 0.0111 e. The molecule has 1 aliphatic rings. The Morgan fingerprint density at radius 3 is 3.23 bits per heavy atom. The lowest BCUT2D eigenvalue weighted by atomic mass is 9.79. The second-order valence-corrected chi connectivity index (χ2v) is 4.96. The largest absolute Gasteiger partial charge is 0.330 e. The van der Waals surface area contributed by atoms with Crippen LogP contribution in [0.4, 0.5) is 0 Å². The van der Waals surface area contributed by atoms with E-state index in [2.05, 4.69) is 18.4 Å². The van der Waals surface area contributed by atoms with E-state index >= 15 is 0 Å². The number of thiophene rings is 1. The molecule has 1 aromatic heterocycles. The summed E-state index contributed by atoms with van der Waals surface area (Å²) in [4.78, 5) is 1.62. The zero-order valence-electron chi connectivity index (χ0n) is 8.12. The predicted molar refractivity (Wildman–Crippen MR) is 58.2 cm³/mol. The summed E-state index contributed by atoms with van der Waals surface area (Å²) in [6.45, 7) is 3.19. The summed E-state index contributed by atoms with van der Waals surface area (Å²) in [7, 11) is 0.